The Labute approximate surface area is 131 Å². The van der Waals surface area contributed by atoms with Crippen LogP contribution in [0.3, 0.4) is 0 Å². The molecule has 0 aromatic heterocycles. The lowest BCUT2D eigenvalue weighted by Crippen LogP contribution is -2.01. The highest BCUT2D eigenvalue weighted by molar-refractivity contribution is 5.89. The summed E-state index contributed by atoms with van der Waals surface area (Å²) in [6.07, 6.45) is 3.57. The highest BCUT2D eigenvalue weighted by Crippen LogP contribution is 2.15. The van der Waals surface area contributed by atoms with Gasteiger partial charge < -0.3 is 9.47 Å². The van der Waals surface area contributed by atoms with Gasteiger partial charge in [-0.05, 0) is 48.2 Å². The second kappa shape index (κ2) is 8.23. The summed E-state index contributed by atoms with van der Waals surface area (Å²) in [6, 6.07) is 15.5. The van der Waals surface area contributed by atoms with E-state index in [2.05, 4.69) is 35.9 Å². The number of ether oxygens (including phenoxy) is 2. The Morgan fingerprint density at radius 1 is 0.955 bits per heavy atom. The number of esters is 1. The number of unbranched alkanes of at least 4 members (excludes halogenated alkanes) is 1. The van der Waals surface area contributed by atoms with Crippen molar-refractivity contribution in [3.05, 3.63) is 65.2 Å². The molecule has 0 spiro atoms. The minimum Gasteiger partial charge on any atom is -0.489 e. The number of methoxy groups -OCH3 is 1. The molecule has 2 aromatic rings. The molecule has 0 unspecified atom stereocenters. The highest BCUT2D eigenvalue weighted by atomic mass is 16.5. The van der Waals surface area contributed by atoms with Gasteiger partial charge in [-0.3, -0.25) is 0 Å². The van der Waals surface area contributed by atoms with Crippen molar-refractivity contribution in [2.24, 2.45) is 0 Å². The average molecular weight is 298 g/mol. The first-order valence-electron chi connectivity index (χ1n) is 7.62. The smallest absolute Gasteiger partial charge is 0.337 e. The first-order chi connectivity index (χ1) is 10.7. The molecule has 116 valence electrons. The lowest BCUT2D eigenvalue weighted by atomic mass is 10.1. The molecule has 0 heterocycles. The predicted molar refractivity (Wildman–Crippen MR) is 87.2 cm³/mol. The highest BCUT2D eigenvalue weighted by Gasteiger charge is 2.04. The lowest BCUT2D eigenvalue weighted by molar-refractivity contribution is 0.0600. The molecule has 0 N–H and O–H groups in total. The Morgan fingerprint density at radius 2 is 1.59 bits per heavy atom. The molecule has 0 aliphatic carbocycles. The standard InChI is InChI=1S/C19H22O3/c1-3-4-5-15-6-8-16(9-7-15)14-22-18-12-10-17(11-13-18)19(20)21-2/h6-13H,3-5,14H2,1-2H3. The van der Waals surface area contributed by atoms with Crippen molar-refractivity contribution in [1.82, 2.24) is 0 Å². The van der Waals surface area contributed by atoms with E-state index in [9.17, 15) is 4.79 Å². The third-order valence-electron chi connectivity index (χ3n) is 3.52. The van der Waals surface area contributed by atoms with Gasteiger partial charge in [-0.15, -0.1) is 0 Å². The van der Waals surface area contributed by atoms with Gasteiger partial charge in [0.2, 0.25) is 0 Å². The van der Waals surface area contributed by atoms with Crippen molar-refractivity contribution in [2.75, 3.05) is 7.11 Å². The SMILES string of the molecule is CCCCc1ccc(COc2ccc(C(=O)OC)cc2)cc1. The molecule has 0 aliphatic rings. The Hall–Kier alpha value is -2.29. The van der Waals surface area contributed by atoms with Crippen molar-refractivity contribution < 1.29 is 14.3 Å². The zero-order valence-corrected chi connectivity index (χ0v) is 13.2. The maximum Gasteiger partial charge on any atom is 0.337 e. The van der Waals surface area contributed by atoms with Crippen LogP contribution in [0.15, 0.2) is 48.5 Å². The molecule has 0 aliphatic heterocycles. The van der Waals surface area contributed by atoms with Gasteiger partial charge in [-0.2, -0.15) is 0 Å². The summed E-state index contributed by atoms with van der Waals surface area (Å²) in [6.45, 7) is 2.72. The van der Waals surface area contributed by atoms with E-state index in [0.29, 0.717) is 12.2 Å². The first kappa shape index (κ1) is 16.1. The Bertz CT molecular complexity index is 585. The van der Waals surface area contributed by atoms with Gasteiger partial charge in [0.15, 0.2) is 0 Å². The van der Waals surface area contributed by atoms with Crippen LogP contribution >= 0.6 is 0 Å². The van der Waals surface area contributed by atoms with E-state index in [1.807, 2.05) is 0 Å². The molecule has 0 amide bonds. The first-order valence-corrected chi connectivity index (χ1v) is 7.62. The van der Waals surface area contributed by atoms with Gasteiger partial charge in [0.1, 0.15) is 12.4 Å². The number of hydrogen-bond acceptors (Lipinski definition) is 3. The number of rotatable bonds is 7. The van der Waals surface area contributed by atoms with Crippen LogP contribution in [0.5, 0.6) is 5.75 Å². The normalized spacial score (nSPS) is 10.3. The second-order valence-electron chi connectivity index (χ2n) is 5.22. The molecule has 2 rings (SSSR count). The Kier molecular flexibility index (Phi) is 6.01. The third-order valence-corrected chi connectivity index (χ3v) is 3.52. The summed E-state index contributed by atoms with van der Waals surface area (Å²) in [4.78, 5) is 11.3. The van der Waals surface area contributed by atoms with E-state index in [4.69, 9.17) is 4.74 Å². The monoisotopic (exact) mass is 298 g/mol. The Balaban J connectivity index is 1.88. The quantitative estimate of drug-likeness (QED) is 0.711. The molecule has 0 atom stereocenters. The van der Waals surface area contributed by atoms with Gasteiger partial charge in [0, 0.05) is 0 Å². The summed E-state index contributed by atoms with van der Waals surface area (Å²) >= 11 is 0. The van der Waals surface area contributed by atoms with E-state index in [1.54, 1.807) is 24.3 Å². The van der Waals surface area contributed by atoms with Crippen LogP contribution in [0.2, 0.25) is 0 Å². The van der Waals surface area contributed by atoms with Crippen LogP contribution in [-0.4, -0.2) is 13.1 Å². The van der Waals surface area contributed by atoms with E-state index < -0.39 is 0 Å². The molecular weight excluding hydrogens is 276 g/mol. The Morgan fingerprint density at radius 3 is 2.18 bits per heavy atom. The number of carbonyl (C=O) groups excluding carboxylic acids is 1. The number of benzene rings is 2. The predicted octanol–water partition coefficient (Wildman–Crippen LogP) is 4.39. The third kappa shape index (κ3) is 4.62. The molecule has 3 heteroatoms. The van der Waals surface area contributed by atoms with Crippen LogP contribution in [0.25, 0.3) is 0 Å². The van der Waals surface area contributed by atoms with Gasteiger partial charge in [0.25, 0.3) is 0 Å². The van der Waals surface area contributed by atoms with Gasteiger partial charge in [0.05, 0.1) is 12.7 Å². The van der Waals surface area contributed by atoms with Crippen molar-refractivity contribution in [3.8, 4) is 5.75 Å². The fraction of sp³-hybridized carbons (Fsp3) is 0.316. The maximum atomic E-state index is 11.3. The summed E-state index contributed by atoms with van der Waals surface area (Å²) in [5, 5.41) is 0. The molecule has 0 fully saturated rings. The number of aryl methyl sites for hydroxylation is 1. The van der Waals surface area contributed by atoms with Crippen LogP contribution in [-0.2, 0) is 17.8 Å². The van der Waals surface area contributed by atoms with Gasteiger partial charge >= 0.3 is 5.97 Å². The summed E-state index contributed by atoms with van der Waals surface area (Å²) in [5.74, 6) is 0.400. The molecule has 22 heavy (non-hydrogen) atoms. The zero-order chi connectivity index (χ0) is 15.8. The summed E-state index contributed by atoms with van der Waals surface area (Å²) in [5.41, 5.74) is 3.03. The van der Waals surface area contributed by atoms with E-state index >= 15 is 0 Å². The van der Waals surface area contributed by atoms with Crippen LogP contribution in [0.4, 0.5) is 0 Å². The van der Waals surface area contributed by atoms with E-state index in [0.717, 1.165) is 17.7 Å². The van der Waals surface area contributed by atoms with Gasteiger partial charge in [-0.1, -0.05) is 37.6 Å². The molecule has 0 saturated heterocycles. The molecule has 0 bridgehead atoms. The van der Waals surface area contributed by atoms with Crippen LogP contribution in [0.1, 0.15) is 41.3 Å². The molecule has 0 radical (unpaired) electrons. The topological polar surface area (TPSA) is 35.5 Å². The fourth-order valence-corrected chi connectivity index (χ4v) is 2.15. The maximum absolute atomic E-state index is 11.3. The van der Waals surface area contributed by atoms with E-state index in [1.165, 1.54) is 25.5 Å². The van der Waals surface area contributed by atoms with Crippen LogP contribution < -0.4 is 4.74 Å². The second-order valence-corrected chi connectivity index (χ2v) is 5.22. The summed E-state index contributed by atoms with van der Waals surface area (Å²) < 4.78 is 10.4. The van der Waals surface area contributed by atoms with Crippen molar-refractivity contribution in [2.45, 2.75) is 32.8 Å². The fourth-order valence-electron chi connectivity index (χ4n) is 2.15. The van der Waals surface area contributed by atoms with Gasteiger partial charge in [-0.25, -0.2) is 4.79 Å². The minimum atomic E-state index is -0.339. The average Bonchev–Trinajstić information content (AvgIpc) is 2.58. The number of hydrogen-bond donors (Lipinski definition) is 0. The molecular formula is C19H22O3. The number of carbonyl (C=O) groups is 1. The minimum absolute atomic E-state index is 0.339. The largest absolute Gasteiger partial charge is 0.489 e. The van der Waals surface area contributed by atoms with Crippen molar-refractivity contribution in [3.63, 3.8) is 0 Å². The van der Waals surface area contributed by atoms with E-state index in [-0.39, 0.29) is 5.97 Å². The summed E-state index contributed by atoms with van der Waals surface area (Å²) in [7, 11) is 1.37. The lowest BCUT2D eigenvalue weighted by Gasteiger charge is -2.08. The van der Waals surface area contributed by atoms with Crippen molar-refractivity contribution in [1.29, 1.82) is 0 Å². The molecule has 3 nitrogen and oxygen atoms in total. The van der Waals surface area contributed by atoms with Crippen LogP contribution in [0, 0.1) is 0 Å². The zero-order valence-electron chi connectivity index (χ0n) is 13.2. The molecule has 2 aromatic carbocycles. The van der Waals surface area contributed by atoms with Crippen molar-refractivity contribution >= 4 is 5.97 Å². The molecule has 0 saturated carbocycles.